The van der Waals surface area contributed by atoms with E-state index in [-0.39, 0.29) is 18.2 Å². The molecule has 8 heteroatoms. The molecular formula is C20H21N5O3. The monoisotopic (exact) mass is 379 g/mol. The number of nitrogens with one attached hydrogen (secondary N) is 2. The van der Waals surface area contributed by atoms with Crippen molar-refractivity contribution in [1.82, 2.24) is 14.8 Å². The smallest absolute Gasteiger partial charge is 0.249 e. The summed E-state index contributed by atoms with van der Waals surface area (Å²) in [5.41, 5.74) is 2.08. The lowest BCUT2D eigenvalue weighted by Gasteiger charge is -2.13. The van der Waals surface area contributed by atoms with Gasteiger partial charge in [0, 0.05) is 16.9 Å². The van der Waals surface area contributed by atoms with Gasteiger partial charge in [-0.15, -0.1) is 0 Å². The van der Waals surface area contributed by atoms with Gasteiger partial charge in [0.05, 0.1) is 13.5 Å². The number of aromatic nitrogens is 3. The van der Waals surface area contributed by atoms with Crippen molar-refractivity contribution in [3.8, 4) is 5.75 Å². The SMILES string of the molecule is COc1ccccc1CC(=O)Nc1ccc(NC(=O)[C@H](C)n2cncn2)cc1. The van der Waals surface area contributed by atoms with Gasteiger partial charge in [0.25, 0.3) is 0 Å². The number of ether oxygens (including phenoxy) is 1. The largest absolute Gasteiger partial charge is 0.496 e. The Balaban J connectivity index is 1.56. The summed E-state index contributed by atoms with van der Waals surface area (Å²) in [5, 5.41) is 9.61. The average molecular weight is 379 g/mol. The molecule has 0 saturated carbocycles. The van der Waals surface area contributed by atoms with E-state index in [4.69, 9.17) is 4.74 Å². The second-order valence-corrected chi connectivity index (χ2v) is 6.15. The van der Waals surface area contributed by atoms with Crippen LogP contribution in [0.25, 0.3) is 0 Å². The molecule has 0 fully saturated rings. The first kappa shape index (κ1) is 19.1. The van der Waals surface area contributed by atoms with E-state index in [1.54, 1.807) is 38.3 Å². The van der Waals surface area contributed by atoms with E-state index >= 15 is 0 Å². The Morgan fingerprint density at radius 2 is 1.75 bits per heavy atom. The number of benzene rings is 2. The predicted molar refractivity (Wildman–Crippen MR) is 105 cm³/mol. The Kier molecular flexibility index (Phi) is 6.01. The highest BCUT2D eigenvalue weighted by molar-refractivity contribution is 5.95. The fourth-order valence-corrected chi connectivity index (χ4v) is 2.65. The van der Waals surface area contributed by atoms with E-state index in [2.05, 4.69) is 20.7 Å². The van der Waals surface area contributed by atoms with Crippen molar-refractivity contribution in [3.63, 3.8) is 0 Å². The first-order valence-electron chi connectivity index (χ1n) is 8.73. The summed E-state index contributed by atoms with van der Waals surface area (Å²) in [6.45, 7) is 1.73. The summed E-state index contributed by atoms with van der Waals surface area (Å²) in [6.07, 6.45) is 3.08. The maximum Gasteiger partial charge on any atom is 0.249 e. The lowest BCUT2D eigenvalue weighted by Crippen LogP contribution is -2.24. The van der Waals surface area contributed by atoms with Crippen molar-refractivity contribution in [2.75, 3.05) is 17.7 Å². The van der Waals surface area contributed by atoms with Gasteiger partial charge in [-0.05, 0) is 37.3 Å². The minimum absolute atomic E-state index is 0.152. The second kappa shape index (κ2) is 8.81. The van der Waals surface area contributed by atoms with Crippen LogP contribution in [0.4, 0.5) is 11.4 Å². The molecule has 0 saturated heterocycles. The number of hydrogen-bond acceptors (Lipinski definition) is 5. The number of rotatable bonds is 7. The van der Waals surface area contributed by atoms with Crippen molar-refractivity contribution in [2.45, 2.75) is 19.4 Å². The van der Waals surface area contributed by atoms with Gasteiger partial charge in [-0.1, -0.05) is 18.2 Å². The number of carbonyl (C=O) groups excluding carboxylic acids is 2. The molecule has 28 heavy (non-hydrogen) atoms. The van der Waals surface area contributed by atoms with Crippen LogP contribution in [-0.2, 0) is 16.0 Å². The van der Waals surface area contributed by atoms with Crippen molar-refractivity contribution in [3.05, 3.63) is 66.7 Å². The molecule has 3 aromatic rings. The molecule has 0 bridgehead atoms. The summed E-state index contributed by atoms with van der Waals surface area (Å²) in [5.74, 6) is 0.316. The molecule has 1 aromatic heterocycles. The summed E-state index contributed by atoms with van der Waals surface area (Å²) < 4.78 is 6.74. The summed E-state index contributed by atoms with van der Waals surface area (Å²) >= 11 is 0. The quantitative estimate of drug-likeness (QED) is 0.658. The zero-order valence-corrected chi connectivity index (χ0v) is 15.6. The van der Waals surface area contributed by atoms with E-state index in [1.165, 1.54) is 17.3 Å². The van der Waals surface area contributed by atoms with Crippen molar-refractivity contribution >= 4 is 23.2 Å². The molecule has 1 atom stereocenters. The zero-order valence-electron chi connectivity index (χ0n) is 15.6. The van der Waals surface area contributed by atoms with Crippen LogP contribution >= 0.6 is 0 Å². The van der Waals surface area contributed by atoms with Gasteiger partial charge in [-0.25, -0.2) is 9.67 Å². The summed E-state index contributed by atoms with van der Waals surface area (Å²) in [7, 11) is 1.58. The predicted octanol–water partition coefficient (Wildman–Crippen LogP) is 2.67. The molecule has 144 valence electrons. The molecule has 3 rings (SSSR count). The Bertz CT molecular complexity index is 939. The van der Waals surface area contributed by atoms with Gasteiger partial charge in [0.1, 0.15) is 24.4 Å². The van der Waals surface area contributed by atoms with E-state index in [0.29, 0.717) is 17.1 Å². The number of nitrogens with zero attached hydrogens (tertiary/aromatic N) is 3. The highest BCUT2D eigenvalue weighted by atomic mass is 16.5. The average Bonchev–Trinajstić information content (AvgIpc) is 3.24. The number of para-hydroxylation sites is 1. The van der Waals surface area contributed by atoms with Crippen LogP contribution in [0.3, 0.4) is 0 Å². The first-order chi connectivity index (χ1) is 13.6. The Morgan fingerprint density at radius 1 is 1.07 bits per heavy atom. The normalized spacial score (nSPS) is 11.5. The van der Waals surface area contributed by atoms with E-state index in [0.717, 1.165) is 5.56 Å². The molecule has 0 unspecified atom stereocenters. The van der Waals surface area contributed by atoms with E-state index in [1.807, 2.05) is 24.3 Å². The van der Waals surface area contributed by atoms with Gasteiger partial charge in [0.2, 0.25) is 11.8 Å². The van der Waals surface area contributed by atoms with Crippen LogP contribution in [0.5, 0.6) is 5.75 Å². The second-order valence-electron chi connectivity index (χ2n) is 6.15. The number of amides is 2. The van der Waals surface area contributed by atoms with Crippen molar-refractivity contribution in [2.24, 2.45) is 0 Å². The van der Waals surface area contributed by atoms with Crippen LogP contribution in [0.2, 0.25) is 0 Å². The maximum absolute atomic E-state index is 12.3. The third-order valence-electron chi connectivity index (χ3n) is 4.19. The maximum atomic E-state index is 12.3. The lowest BCUT2D eigenvalue weighted by molar-refractivity contribution is -0.119. The van der Waals surface area contributed by atoms with E-state index in [9.17, 15) is 9.59 Å². The molecule has 8 nitrogen and oxygen atoms in total. The topological polar surface area (TPSA) is 98.1 Å². The molecule has 2 aromatic carbocycles. The van der Waals surface area contributed by atoms with Crippen LogP contribution in [0, 0.1) is 0 Å². The van der Waals surface area contributed by atoms with E-state index < -0.39 is 6.04 Å². The minimum Gasteiger partial charge on any atom is -0.496 e. The van der Waals surface area contributed by atoms with Gasteiger partial charge in [-0.3, -0.25) is 9.59 Å². The van der Waals surface area contributed by atoms with Gasteiger partial charge >= 0.3 is 0 Å². The molecule has 0 spiro atoms. The highest BCUT2D eigenvalue weighted by Gasteiger charge is 2.15. The fraction of sp³-hybridized carbons (Fsp3) is 0.200. The Labute approximate surface area is 162 Å². The number of methoxy groups -OCH3 is 1. The van der Waals surface area contributed by atoms with Crippen molar-refractivity contribution in [1.29, 1.82) is 0 Å². The molecular weight excluding hydrogens is 358 g/mol. The zero-order chi connectivity index (χ0) is 19.9. The standard InChI is InChI=1S/C20H21N5O3/c1-14(25-13-21-12-22-25)20(27)24-17-9-7-16(8-10-17)23-19(26)11-15-5-3-4-6-18(15)28-2/h3-10,12-14H,11H2,1-2H3,(H,23,26)(H,24,27)/t14-/m0/s1. The number of carbonyl (C=O) groups is 2. The highest BCUT2D eigenvalue weighted by Crippen LogP contribution is 2.19. The van der Waals surface area contributed by atoms with Gasteiger partial charge < -0.3 is 15.4 Å². The van der Waals surface area contributed by atoms with Crippen LogP contribution in [-0.4, -0.2) is 33.7 Å². The Morgan fingerprint density at radius 3 is 2.39 bits per heavy atom. The molecule has 0 radical (unpaired) electrons. The molecule has 2 N–H and O–H groups in total. The first-order valence-corrected chi connectivity index (χ1v) is 8.73. The number of anilines is 2. The fourth-order valence-electron chi connectivity index (χ4n) is 2.65. The molecule has 0 aliphatic rings. The minimum atomic E-state index is -0.484. The molecule has 2 amide bonds. The Hall–Kier alpha value is -3.68. The van der Waals surface area contributed by atoms with Crippen LogP contribution < -0.4 is 15.4 Å². The third kappa shape index (κ3) is 4.73. The summed E-state index contributed by atoms with van der Waals surface area (Å²) in [6, 6.07) is 13.8. The van der Waals surface area contributed by atoms with Gasteiger partial charge in [-0.2, -0.15) is 5.10 Å². The third-order valence-corrected chi connectivity index (χ3v) is 4.19. The lowest BCUT2D eigenvalue weighted by atomic mass is 10.1. The number of hydrogen-bond donors (Lipinski definition) is 2. The molecule has 1 heterocycles. The molecule has 0 aliphatic carbocycles. The van der Waals surface area contributed by atoms with Gasteiger partial charge in [0.15, 0.2) is 0 Å². The van der Waals surface area contributed by atoms with Crippen molar-refractivity contribution < 1.29 is 14.3 Å². The van der Waals surface area contributed by atoms with Crippen LogP contribution in [0.15, 0.2) is 61.2 Å². The van der Waals surface area contributed by atoms with Crippen LogP contribution in [0.1, 0.15) is 18.5 Å². The molecule has 0 aliphatic heterocycles. The summed E-state index contributed by atoms with van der Waals surface area (Å²) in [4.78, 5) is 28.4.